The van der Waals surface area contributed by atoms with Gasteiger partial charge in [-0.25, -0.2) is 13.2 Å². The fourth-order valence-electron chi connectivity index (χ4n) is 3.12. The van der Waals surface area contributed by atoms with Gasteiger partial charge in [0.15, 0.2) is 0 Å². The van der Waals surface area contributed by atoms with Crippen LogP contribution in [0.3, 0.4) is 0 Å². The van der Waals surface area contributed by atoms with E-state index >= 15 is 0 Å². The van der Waals surface area contributed by atoms with Gasteiger partial charge in [0.05, 0.1) is 22.7 Å². The number of hydrogen-bond donors (Lipinski definition) is 2. The summed E-state index contributed by atoms with van der Waals surface area (Å²) >= 11 is 0. The van der Waals surface area contributed by atoms with E-state index in [1.165, 1.54) is 10.4 Å². The van der Waals surface area contributed by atoms with Gasteiger partial charge in [-0.15, -0.1) is 0 Å². The smallest absolute Gasteiger partial charge is 0.337 e. The van der Waals surface area contributed by atoms with Crippen LogP contribution in [0.5, 0.6) is 0 Å². The number of aryl methyl sites for hydroxylation is 2. The van der Waals surface area contributed by atoms with E-state index in [-0.39, 0.29) is 17.0 Å². The summed E-state index contributed by atoms with van der Waals surface area (Å²) in [5.74, 6) is -1.45. The highest BCUT2D eigenvalue weighted by Crippen LogP contribution is 2.27. The fraction of sp³-hybridized carbons (Fsp3) is 0.263. The van der Waals surface area contributed by atoms with Gasteiger partial charge in [0.25, 0.3) is 5.91 Å². The van der Waals surface area contributed by atoms with Crippen molar-refractivity contribution in [3.05, 3.63) is 58.7 Å². The molecule has 7 nitrogen and oxygen atoms in total. The number of aromatic carboxylic acids is 1. The number of carboxylic acids is 1. The van der Waals surface area contributed by atoms with E-state index in [1.807, 2.05) is 0 Å². The van der Waals surface area contributed by atoms with Crippen molar-refractivity contribution in [3.8, 4) is 0 Å². The molecule has 1 aliphatic heterocycles. The molecule has 0 atom stereocenters. The average molecular weight is 388 g/mol. The van der Waals surface area contributed by atoms with Gasteiger partial charge in [-0.1, -0.05) is 11.6 Å². The van der Waals surface area contributed by atoms with Crippen molar-refractivity contribution in [2.75, 3.05) is 21.9 Å². The molecule has 8 heteroatoms. The summed E-state index contributed by atoms with van der Waals surface area (Å²) in [6.45, 7) is 3.92. The van der Waals surface area contributed by atoms with Crippen molar-refractivity contribution >= 4 is 33.3 Å². The molecular weight excluding hydrogens is 368 g/mol. The second-order valence-corrected chi connectivity index (χ2v) is 8.56. The largest absolute Gasteiger partial charge is 0.478 e. The quantitative estimate of drug-likeness (QED) is 0.838. The monoisotopic (exact) mass is 388 g/mol. The number of carboxylic acid groups (broad SMARTS) is 1. The van der Waals surface area contributed by atoms with Gasteiger partial charge in [0.1, 0.15) is 0 Å². The van der Waals surface area contributed by atoms with E-state index in [0.29, 0.717) is 29.8 Å². The molecule has 0 aliphatic carbocycles. The number of hydrogen-bond acceptors (Lipinski definition) is 4. The summed E-state index contributed by atoms with van der Waals surface area (Å²) in [5.41, 5.74) is 2.49. The highest BCUT2D eigenvalue weighted by Gasteiger charge is 2.28. The zero-order valence-corrected chi connectivity index (χ0v) is 15.8. The van der Waals surface area contributed by atoms with Crippen LogP contribution in [0.15, 0.2) is 36.4 Å². The second kappa shape index (κ2) is 7.03. The molecule has 1 fully saturated rings. The summed E-state index contributed by atoms with van der Waals surface area (Å²) in [5, 5.41) is 12.0. The normalized spacial score (nSPS) is 15.6. The third kappa shape index (κ3) is 3.80. The number of amides is 1. The van der Waals surface area contributed by atoms with E-state index < -0.39 is 21.9 Å². The maximum absolute atomic E-state index is 12.6. The number of carbonyl (C=O) groups excluding carboxylic acids is 1. The van der Waals surface area contributed by atoms with Crippen LogP contribution in [0.2, 0.25) is 0 Å². The molecular formula is C19H20N2O5S. The Kier molecular flexibility index (Phi) is 4.93. The SMILES string of the molecule is Cc1ccc(NC(=O)c2ccc(N3CCCS3(=O)=O)cc2C)c(C(=O)O)c1. The lowest BCUT2D eigenvalue weighted by atomic mass is 10.1. The lowest BCUT2D eigenvalue weighted by molar-refractivity contribution is 0.0698. The molecule has 1 saturated heterocycles. The van der Waals surface area contributed by atoms with Crippen LogP contribution in [0.25, 0.3) is 0 Å². The first-order valence-corrected chi connectivity index (χ1v) is 10.1. The Balaban J connectivity index is 1.87. The summed E-state index contributed by atoms with van der Waals surface area (Å²) in [6.07, 6.45) is 0.578. The Morgan fingerprint density at radius 1 is 1.07 bits per heavy atom. The summed E-state index contributed by atoms with van der Waals surface area (Å²) < 4.78 is 25.5. The van der Waals surface area contributed by atoms with Gasteiger partial charge < -0.3 is 10.4 Å². The molecule has 0 bridgehead atoms. The third-order valence-corrected chi connectivity index (χ3v) is 6.37. The van der Waals surface area contributed by atoms with Crippen molar-refractivity contribution in [3.63, 3.8) is 0 Å². The number of anilines is 2. The molecule has 1 aliphatic rings. The average Bonchev–Trinajstić information content (AvgIpc) is 2.95. The first kappa shape index (κ1) is 18.9. The van der Waals surface area contributed by atoms with Gasteiger partial charge in [-0.05, 0) is 56.2 Å². The lowest BCUT2D eigenvalue weighted by Gasteiger charge is -2.18. The van der Waals surface area contributed by atoms with Crippen LogP contribution in [-0.2, 0) is 10.0 Å². The molecule has 2 aromatic carbocycles. The van der Waals surface area contributed by atoms with Crippen LogP contribution >= 0.6 is 0 Å². The number of carbonyl (C=O) groups is 2. The van der Waals surface area contributed by atoms with Gasteiger partial charge >= 0.3 is 5.97 Å². The predicted octanol–water partition coefficient (Wildman–Crippen LogP) is 2.79. The van der Waals surface area contributed by atoms with Crippen LogP contribution in [0, 0.1) is 13.8 Å². The molecule has 1 heterocycles. The number of nitrogens with zero attached hydrogens (tertiary/aromatic N) is 1. The van der Waals surface area contributed by atoms with E-state index in [4.69, 9.17) is 0 Å². The van der Waals surface area contributed by atoms with Gasteiger partial charge in [0, 0.05) is 12.1 Å². The van der Waals surface area contributed by atoms with Gasteiger partial charge in [-0.3, -0.25) is 9.10 Å². The molecule has 27 heavy (non-hydrogen) atoms. The maximum Gasteiger partial charge on any atom is 0.337 e. The van der Waals surface area contributed by atoms with Crippen LogP contribution < -0.4 is 9.62 Å². The van der Waals surface area contributed by atoms with Crippen molar-refractivity contribution in [1.29, 1.82) is 0 Å². The lowest BCUT2D eigenvalue weighted by Crippen LogP contribution is -2.25. The molecule has 142 valence electrons. The fourth-order valence-corrected chi connectivity index (χ4v) is 4.68. The Labute approximate surface area is 157 Å². The van der Waals surface area contributed by atoms with Crippen molar-refractivity contribution in [2.45, 2.75) is 20.3 Å². The summed E-state index contributed by atoms with van der Waals surface area (Å²) in [7, 11) is -3.29. The molecule has 2 aromatic rings. The minimum Gasteiger partial charge on any atom is -0.478 e. The molecule has 0 aromatic heterocycles. The van der Waals surface area contributed by atoms with Gasteiger partial charge in [0.2, 0.25) is 10.0 Å². The molecule has 0 spiro atoms. The topological polar surface area (TPSA) is 104 Å². The molecule has 2 N–H and O–H groups in total. The zero-order valence-electron chi connectivity index (χ0n) is 15.0. The third-order valence-electron chi connectivity index (χ3n) is 4.50. The van der Waals surface area contributed by atoms with Crippen molar-refractivity contribution in [2.24, 2.45) is 0 Å². The second-order valence-electron chi connectivity index (χ2n) is 6.55. The standard InChI is InChI=1S/C19H20N2O5S/c1-12-4-7-17(16(10-12)19(23)24)20-18(22)15-6-5-14(11-13(15)2)21-8-3-9-27(21,25)26/h4-7,10-11H,3,8-9H2,1-2H3,(H,20,22)(H,23,24). The van der Waals surface area contributed by atoms with Crippen molar-refractivity contribution in [1.82, 2.24) is 0 Å². The predicted molar refractivity (Wildman–Crippen MR) is 103 cm³/mol. The number of rotatable bonds is 4. The van der Waals surface area contributed by atoms with Crippen molar-refractivity contribution < 1.29 is 23.1 Å². The Bertz CT molecular complexity index is 1030. The number of sulfonamides is 1. The first-order chi connectivity index (χ1) is 12.7. The Morgan fingerprint density at radius 3 is 2.41 bits per heavy atom. The highest BCUT2D eigenvalue weighted by molar-refractivity contribution is 7.93. The maximum atomic E-state index is 12.6. The van der Waals surface area contributed by atoms with E-state index in [9.17, 15) is 23.1 Å². The number of nitrogens with one attached hydrogen (secondary N) is 1. The van der Waals surface area contributed by atoms with E-state index in [1.54, 1.807) is 44.2 Å². The van der Waals surface area contributed by atoms with Gasteiger partial charge in [-0.2, -0.15) is 0 Å². The Hall–Kier alpha value is -2.87. The van der Waals surface area contributed by atoms with Crippen LogP contribution in [-0.4, -0.2) is 37.7 Å². The van der Waals surface area contributed by atoms with E-state index in [2.05, 4.69) is 5.32 Å². The minimum absolute atomic E-state index is 0.0146. The first-order valence-electron chi connectivity index (χ1n) is 8.45. The summed E-state index contributed by atoms with van der Waals surface area (Å²) in [6, 6.07) is 9.57. The van der Waals surface area contributed by atoms with Crippen LogP contribution in [0.1, 0.15) is 38.3 Å². The Morgan fingerprint density at radius 2 is 1.81 bits per heavy atom. The van der Waals surface area contributed by atoms with Crippen LogP contribution in [0.4, 0.5) is 11.4 Å². The summed E-state index contributed by atoms with van der Waals surface area (Å²) in [4.78, 5) is 24.0. The molecule has 1 amide bonds. The molecule has 3 rings (SSSR count). The highest BCUT2D eigenvalue weighted by atomic mass is 32.2. The minimum atomic E-state index is -3.29. The molecule has 0 radical (unpaired) electrons. The van der Waals surface area contributed by atoms with E-state index in [0.717, 1.165) is 5.56 Å². The zero-order chi connectivity index (χ0) is 19.8. The molecule has 0 unspecified atom stereocenters. The molecule has 0 saturated carbocycles. The number of benzene rings is 2.